The second-order valence-electron chi connectivity index (χ2n) is 4.67. The molecule has 5 heteroatoms. The first-order valence-corrected chi connectivity index (χ1v) is 6.95. The maximum atomic E-state index is 12.5. The molecule has 0 radical (unpaired) electrons. The molecule has 0 saturated carbocycles. The molecular formula is C17H14N2O3. The Morgan fingerprint density at radius 3 is 2.68 bits per heavy atom. The Bertz CT molecular complexity index is 885. The molecule has 0 N–H and O–H groups in total. The summed E-state index contributed by atoms with van der Waals surface area (Å²) in [6.07, 6.45) is 3.11. The van der Waals surface area contributed by atoms with Crippen molar-refractivity contribution in [2.45, 2.75) is 6.92 Å². The maximum absolute atomic E-state index is 12.5. The number of esters is 1. The minimum absolute atomic E-state index is 0.00574. The molecule has 2 heterocycles. The highest BCUT2D eigenvalue weighted by molar-refractivity contribution is 5.93. The average Bonchev–Trinajstić information content (AvgIpc) is 2.56. The predicted octanol–water partition coefficient (Wildman–Crippen LogP) is 2.56. The van der Waals surface area contributed by atoms with Crippen LogP contribution >= 0.6 is 0 Å². The van der Waals surface area contributed by atoms with Crippen molar-refractivity contribution in [3.63, 3.8) is 0 Å². The minimum Gasteiger partial charge on any atom is -0.462 e. The fraction of sp³-hybridized carbons (Fsp3) is 0.118. The largest absolute Gasteiger partial charge is 0.462 e. The van der Waals surface area contributed by atoms with E-state index in [0.717, 1.165) is 5.69 Å². The van der Waals surface area contributed by atoms with Gasteiger partial charge in [0.15, 0.2) is 0 Å². The fourth-order valence-electron chi connectivity index (χ4n) is 2.30. The van der Waals surface area contributed by atoms with Crippen LogP contribution in [0.25, 0.3) is 16.7 Å². The van der Waals surface area contributed by atoms with Crippen molar-refractivity contribution in [1.82, 2.24) is 9.55 Å². The second kappa shape index (κ2) is 5.81. The zero-order valence-electron chi connectivity index (χ0n) is 12.0. The number of ether oxygens (including phenoxy) is 1. The summed E-state index contributed by atoms with van der Waals surface area (Å²) in [5, 5.41) is 0.386. The Labute approximate surface area is 126 Å². The molecule has 0 aliphatic heterocycles. The first kappa shape index (κ1) is 14.0. The number of nitrogens with zero attached hydrogens (tertiary/aromatic N) is 2. The Kier molecular flexibility index (Phi) is 3.70. The van der Waals surface area contributed by atoms with Crippen LogP contribution in [0.5, 0.6) is 0 Å². The predicted molar refractivity (Wildman–Crippen MR) is 83.3 cm³/mol. The lowest BCUT2D eigenvalue weighted by molar-refractivity contribution is 0.0524. The number of aromatic nitrogens is 2. The van der Waals surface area contributed by atoms with Gasteiger partial charge in [-0.15, -0.1) is 0 Å². The number of benzene rings is 1. The topological polar surface area (TPSA) is 61.2 Å². The van der Waals surface area contributed by atoms with Crippen LogP contribution < -0.4 is 5.43 Å². The molecule has 5 nitrogen and oxygen atoms in total. The highest BCUT2D eigenvalue weighted by atomic mass is 16.5. The molecule has 1 aromatic carbocycles. The van der Waals surface area contributed by atoms with E-state index < -0.39 is 5.97 Å². The van der Waals surface area contributed by atoms with Crippen molar-refractivity contribution in [1.29, 1.82) is 0 Å². The number of rotatable bonds is 3. The van der Waals surface area contributed by atoms with Crippen LogP contribution in [0.3, 0.4) is 0 Å². The van der Waals surface area contributed by atoms with E-state index in [1.54, 1.807) is 29.8 Å². The highest BCUT2D eigenvalue weighted by Crippen LogP contribution is 2.15. The molecule has 3 aromatic rings. The van der Waals surface area contributed by atoms with E-state index in [0.29, 0.717) is 11.0 Å². The maximum Gasteiger partial charge on any atom is 0.343 e. The number of para-hydroxylation sites is 1. The third-order valence-electron chi connectivity index (χ3n) is 3.29. The van der Waals surface area contributed by atoms with Crippen LogP contribution in [0.4, 0.5) is 0 Å². The molecule has 0 aliphatic carbocycles. The molecule has 0 unspecified atom stereocenters. The Balaban J connectivity index is 2.34. The van der Waals surface area contributed by atoms with Crippen molar-refractivity contribution in [3.8, 4) is 5.69 Å². The van der Waals surface area contributed by atoms with Crippen LogP contribution in [-0.4, -0.2) is 22.1 Å². The monoisotopic (exact) mass is 294 g/mol. The fourth-order valence-corrected chi connectivity index (χ4v) is 2.30. The summed E-state index contributed by atoms with van der Waals surface area (Å²) in [4.78, 5) is 28.8. The lowest BCUT2D eigenvalue weighted by Crippen LogP contribution is -2.21. The molecule has 0 saturated heterocycles. The van der Waals surface area contributed by atoms with Gasteiger partial charge < -0.3 is 9.30 Å². The standard InChI is InChI=1S/C17H14N2O3/c1-2-22-17(21)14-11-19(12-7-4-3-5-8-12)16-13(15(14)20)9-6-10-18-16/h3-11H,2H2,1H3. The SMILES string of the molecule is CCOC(=O)c1cn(-c2ccccc2)c2ncccc2c1=O. The first-order chi connectivity index (χ1) is 10.7. The van der Waals surface area contributed by atoms with E-state index in [2.05, 4.69) is 4.98 Å². The molecule has 22 heavy (non-hydrogen) atoms. The first-order valence-electron chi connectivity index (χ1n) is 6.95. The van der Waals surface area contributed by atoms with Gasteiger partial charge in [0.2, 0.25) is 5.43 Å². The van der Waals surface area contributed by atoms with Gasteiger partial charge in [0.25, 0.3) is 0 Å². The third-order valence-corrected chi connectivity index (χ3v) is 3.29. The zero-order chi connectivity index (χ0) is 15.5. The summed E-state index contributed by atoms with van der Waals surface area (Å²) in [6.45, 7) is 1.92. The zero-order valence-corrected chi connectivity index (χ0v) is 12.0. The molecule has 0 spiro atoms. The number of carbonyl (C=O) groups excluding carboxylic acids is 1. The molecule has 2 aromatic heterocycles. The van der Waals surface area contributed by atoms with E-state index in [1.807, 2.05) is 30.3 Å². The smallest absolute Gasteiger partial charge is 0.343 e. The van der Waals surface area contributed by atoms with Gasteiger partial charge in [-0.3, -0.25) is 4.79 Å². The van der Waals surface area contributed by atoms with Crippen LogP contribution in [0.2, 0.25) is 0 Å². The van der Waals surface area contributed by atoms with E-state index in [4.69, 9.17) is 4.74 Å². The summed E-state index contributed by atoms with van der Waals surface area (Å²) in [5.41, 5.74) is 0.962. The van der Waals surface area contributed by atoms with Crippen LogP contribution in [0.1, 0.15) is 17.3 Å². The number of hydrogen-bond acceptors (Lipinski definition) is 4. The van der Waals surface area contributed by atoms with Gasteiger partial charge in [0, 0.05) is 18.1 Å². The molecule has 0 fully saturated rings. The lowest BCUT2D eigenvalue weighted by atomic mass is 10.2. The lowest BCUT2D eigenvalue weighted by Gasteiger charge is -2.12. The normalized spacial score (nSPS) is 10.6. The Morgan fingerprint density at radius 2 is 1.95 bits per heavy atom. The van der Waals surface area contributed by atoms with Crippen LogP contribution in [-0.2, 0) is 4.74 Å². The number of pyridine rings is 2. The molecule has 0 atom stereocenters. The van der Waals surface area contributed by atoms with Crippen molar-refractivity contribution >= 4 is 17.0 Å². The van der Waals surface area contributed by atoms with Gasteiger partial charge in [-0.2, -0.15) is 0 Å². The summed E-state index contributed by atoms with van der Waals surface area (Å²) in [5.74, 6) is -0.622. The molecule has 110 valence electrons. The summed E-state index contributed by atoms with van der Waals surface area (Å²) in [7, 11) is 0. The van der Waals surface area contributed by atoms with Crippen LogP contribution in [0.15, 0.2) is 59.7 Å². The minimum atomic E-state index is -0.622. The molecule has 0 aliphatic rings. The van der Waals surface area contributed by atoms with Crippen molar-refractivity contribution in [3.05, 3.63) is 70.6 Å². The Hall–Kier alpha value is -2.95. The molecule has 3 rings (SSSR count). The number of hydrogen-bond donors (Lipinski definition) is 0. The summed E-state index contributed by atoms with van der Waals surface area (Å²) >= 11 is 0. The van der Waals surface area contributed by atoms with Crippen molar-refractivity contribution < 1.29 is 9.53 Å². The van der Waals surface area contributed by atoms with Crippen LogP contribution in [0, 0.1) is 0 Å². The van der Waals surface area contributed by atoms with Gasteiger partial charge in [-0.1, -0.05) is 18.2 Å². The van der Waals surface area contributed by atoms with E-state index in [-0.39, 0.29) is 17.6 Å². The number of fused-ring (bicyclic) bond motifs is 1. The summed E-state index contributed by atoms with van der Waals surface area (Å²) < 4.78 is 6.70. The number of carbonyl (C=O) groups is 1. The van der Waals surface area contributed by atoms with E-state index in [1.165, 1.54) is 6.20 Å². The quantitative estimate of drug-likeness (QED) is 0.697. The highest BCUT2D eigenvalue weighted by Gasteiger charge is 2.17. The van der Waals surface area contributed by atoms with Gasteiger partial charge in [-0.25, -0.2) is 9.78 Å². The molecule has 0 bridgehead atoms. The second-order valence-corrected chi connectivity index (χ2v) is 4.67. The molecule has 0 amide bonds. The molecular weight excluding hydrogens is 280 g/mol. The van der Waals surface area contributed by atoms with Gasteiger partial charge in [0.05, 0.1) is 12.0 Å². The Morgan fingerprint density at radius 1 is 1.18 bits per heavy atom. The average molecular weight is 294 g/mol. The van der Waals surface area contributed by atoms with Gasteiger partial charge in [0.1, 0.15) is 11.2 Å². The van der Waals surface area contributed by atoms with Crippen molar-refractivity contribution in [2.24, 2.45) is 0 Å². The van der Waals surface area contributed by atoms with Crippen molar-refractivity contribution in [2.75, 3.05) is 6.61 Å². The third kappa shape index (κ3) is 2.37. The van der Waals surface area contributed by atoms with E-state index >= 15 is 0 Å². The summed E-state index contributed by atoms with van der Waals surface area (Å²) in [6, 6.07) is 12.8. The van der Waals surface area contributed by atoms with Gasteiger partial charge in [-0.05, 0) is 31.2 Å². The van der Waals surface area contributed by atoms with E-state index in [9.17, 15) is 9.59 Å². The van der Waals surface area contributed by atoms with Gasteiger partial charge >= 0.3 is 5.97 Å².